The van der Waals surface area contributed by atoms with Crippen LogP contribution in [0.4, 0.5) is 0 Å². The largest absolute Gasteiger partial charge is 0.454 e. The summed E-state index contributed by atoms with van der Waals surface area (Å²) < 4.78 is 21.0. The third-order valence-corrected chi connectivity index (χ3v) is 3.75. The molecule has 7 nitrogen and oxygen atoms in total. The summed E-state index contributed by atoms with van der Waals surface area (Å²) in [7, 11) is 0. The minimum atomic E-state index is -0.303. The van der Waals surface area contributed by atoms with Crippen molar-refractivity contribution in [3.8, 4) is 28.7 Å². The van der Waals surface area contributed by atoms with Crippen LogP contribution in [0.5, 0.6) is 17.2 Å². The van der Waals surface area contributed by atoms with Gasteiger partial charge in [0.2, 0.25) is 19.1 Å². The number of hydrogen-bond donors (Lipinski definition) is 0. The minimum Gasteiger partial charge on any atom is -0.454 e. The molecule has 2 aromatic carbocycles. The van der Waals surface area contributed by atoms with Crippen LogP contribution in [0.25, 0.3) is 11.5 Å². The molecule has 0 saturated heterocycles. The lowest BCUT2D eigenvalue weighted by Crippen LogP contribution is -2.09. The van der Waals surface area contributed by atoms with Gasteiger partial charge in [-0.25, -0.2) is 0 Å². The van der Waals surface area contributed by atoms with Crippen molar-refractivity contribution in [2.45, 2.75) is 12.8 Å². The van der Waals surface area contributed by atoms with Gasteiger partial charge >= 0.3 is 5.97 Å². The number of nitrogens with zero attached hydrogens (tertiary/aromatic N) is 2. The fourth-order valence-electron chi connectivity index (χ4n) is 2.49. The Balaban J connectivity index is 1.33. The van der Waals surface area contributed by atoms with Crippen molar-refractivity contribution in [1.82, 2.24) is 10.2 Å². The quantitative estimate of drug-likeness (QED) is 0.522. The molecule has 2 heterocycles. The summed E-state index contributed by atoms with van der Waals surface area (Å²) in [4.78, 5) is 12.0. The highest BCUT2D eigenvalue weighted by atomic mass is 16.7. The molecule has 1 aliphatic rings. The lowest BCUT2D eigenvalue weighted by molar-refractivity contribution is -0.134. The van der Waals surface area contributed by atoms with Crippen molar-refractivity contribution in [2.75, 3.05) is 6.79 Å². The molecule has 0 amide bonds. The number of aryl methyl sites for hydroxylation is 1. The van der Waals surface area contributed by atoms with Crippen LogP contribution in [-0.4, -0.2) is 23.0 Å². The average molecular weight is 338 g/mol. The maximum atomic E-state index is 12.0. The minimum absolute atomic E-state index is 0.237. The smallest absolute Gasteiger partial charge is 0.311 e. The predicted molar refractivity (Wildman–Crippen MR) is 86.3 cm³/mol. The van der Waals surface area contributed by atoms with E-state index >= 15 is 0 Å². The van der Waals surface area contributed by atoms with Gasteiger partial charge in [-0.3, -0.25) is 4.79 Å². The number of ether oxygens (including phenoxy) is 3. The molecule has 1 aliphatic heterocycles. The van der Waals surface area contributed by atoms with Crippen LogP contribution in [0.3, 0.4) is 0 Å². The third kappa shape index (κ3) is 3.45. The Labute approximate surface area is 143 Å². The number of carbonyl (C=O) groups is 1. The fraction of sp³-hybridized carbons (Fsp3) is 0.167. The summed E-state index contributed by atoms with van der Waals surface area (Å²) in [5, 5.41) is 7.45. The van der Waals surface area contributed by atoms with E-state index in [9.17, 15) is 4.79 Å². The molecule has 1 aromatic heterocycles. The first kappa shape index (κ1) is 15.2. The molecule has 0 unspecified atom stereocenters. The molecule has 4 rings (SSSR count). The van der Waals surface area contributed by atoms with E-state index < -0.39 is 0 Å². The number of hydrogen-bond acceptors (Lipinski definition) is 7. The van der Waals surface area contributed by atoms with E-state index in [0.717, 1.165) is 16.9 Å². The number of rotatable bonds is 5. The molecule has 0 aliphatic carbocycles. The number of aromatic nitrogens is 2. The normalized spacial score (nSPS) is 12.2. The Morgan fingerprint density at radius 3 is 2.72 bits per heavy atom. The van der Waals surface area contributed by atoms with Gasteiger partial charge in [-0.15, -0.1) is 10.2 Å². The first-order valence-corrected chi connectivity index (χ1v) is 7.74. The first-order valence-electron chi connectivity index (χ1n) is 7.74. The van der Waals surface area contributed by atoms with Crippen LogP contribution in [0.1, 0.15) is 12.0 Å². The molecule has 0 spiro atoms. The van der Waals surface area contributed by atoms with E-state index in [2.05, 4.69) is 10.2 Å². The van der Waals surface area contributed by atoms with Crippen molar-refractivity contribution >= 4 is 5.97 Å². The molecule has 0 saturated carbocycles. The highest BCUT2D eigenvalue weighted by Crippen LogP contribution is 2.32. The summed E-state index contributed by atoms with van der Waals surface area (Å²) in [6.45, 7) is 0.237. The van der Waals surface area contributed by atoms with Crippen LogP contribution >= 0.6 is 0 Å². The second-order valence-electron chi connectivity index (χ2n) is 5.43. The summed E-state index contributed by atoms with van der Waals surface area (Å²) in [6, 6.07) is 12.5. The van der Waals surface area contributed by atoms with Crippen LogP contribution in [0.15, 0.2) is 53.3 Å². The summed E-state index contributed by atoms with van der Waals surface area (Å²) in [6.07, 6.45) is 2.10. The van der Waals surface area contributed by atoms with Gasteiger partial charge in [-0.05, 0) is 48.4 Å². The van der Waals surface area contributed by atoms with Gasteiger partial charge in [0.1, 0.15) is 5.75 Å². The zero-order valence-corrected chi connectivity index (χ0v) is 13.2. The zero-order valence-electron chi connectivity index (χ0n) is 13.2. The van der Waals surface area contributed by atoms with Crippen LogP contribution < -0.4 is 14.2 Å². The van der Waals surface area contributed by atoms with E-state index in [4.69, 9.17) is 18.6 Å². The van der Waals surface area contributed by atoms with Gasteiger partial charge in [0, 0.05) is 12.0 Å². The SMILES string of the molecule is O=C(CCc1ccc2c(c1)OCO2)Oc1ccc(-c2nnco2)cc1. The average Bonchev–Trinajstić information content (AvgIpc) is 3.32. The van der Waals surface area contributed by atoms with E-state index in [0.29, 0.717) is 23.8 Å². The van der Waals surface area contributed by atoms with Crippen molar-refractivity contribution in [3.05, 3.63) is 54.4 Å². The Kier molecular flexibility index (Phi) is 4.04. The first-order chi connectivity index (χ1) is 12.3. The number of benzene rings is 2. The molecule has 0 radical (unpaired) electrons. The van der Waals surface area contributed by atoms with Gasteiger partial charge in [0.05, 0.1) is 0 Å². The molecular weight excluding hydrogens is 324 g/mol. The lowest BCUT2D eigenvalue weighted by atomic mass is 10.1. The van der Waals surface area contributed by atoms with Crippen molar-refractivity contribution in [3.63, 3.8) is 0 Å². The number of carbonyl (C=O) groups excluding carboxylic acids is 1. The van der Waals surface area contributed by atoms with Gasteiger partial charge in [-0.1, -0.05) is 6.07 Å². The Hall–Kier alpha value is -3.35. The van der Waals surface area contributed by atoms with E-state index in [-0.39, 0.29) is 19.2 Å². The maximum Gasteiger partial charge on any atom is 0.311 e. The number of esters is 1. The van der Waals surface area contributed by atoms with Crippen LogP contribution in [0, 0.1) is 0 Å². The second-order valence-corrected chi connectivity index (χ2v) is 5.43. The third-order valence-electron chi connectivity index (χ3n) is 3.75. The molecule has 0 fully saturated rings. The molecule has 126 valence electrons. The van der Waals surface area contributed by atoms with Crippen molar-refractivity contribution in [2.24, 2.45) is 0 Å². The molecule has 0 N–H and O–H groups in total. The summed E-state index contributed by atoms with van der Waals surface area (Å²) in [5.41, 5.74) is 1.76. The fourth-order valence-corrected chi connectivity index (χ4v) is 2.49. The number of fused-ring (bicyclic) bond motifs is 1. The Bertz CT molecular complexity index is 875. The standard InChI is InChI=1S/C18H14N2O5/c21-17(8-2-12-1-7-15-16(9-12)24-11-23-15)25-14-5-3-13(4-6-14)18-20-19-10-22-18/h1,3-7,9-10H,2,8,11H2. The Morgan fingerprint density at radius 1 is 1.08 bits per heavy atom. The highest BCUT2D eigenvalue weighted by molar-refractivity contribution is 5.73. The summed E-state index contributed by atoms with van der Waals surface area (Å²) >= 11 is 0. The molecular formula is C18H14N2O5. The lowest BCUT2D eigenvalue weighted by Gasteiger charge is -2.05. The van der Waals surface area contributed by atoms with E-state index in [1.165, 1.54) is 6.39 Å². The summed E-state index contributed by atoms with van der Waals surface area (Å²) in [5.74, 6) is 2.03. The Morgan fingerprint density at radius 2 is 1.92 bits per heavy atom. The van der Waals surface area contributed by atoms with Gasteiger partial charge in [0.25, 0.3) is 0 Å². The van der Waals surface area contributed by atoms with Gasteiger partial charge in [0.15, 0.2) is 11.5 Å². The maximum absolute atomic E-state index is 12.0. The van der Waals surface area contributed by atoms with E-state index in [1.807, 2.05) is 18.2 Å². The molecule has 0 bridgehead atoms. The van der Waals surface area contributed by atoms with E-state index in [1.54, 1.807) is 24.3 Å². The van der Waals surface area contributed by atoms with Gasteiger partial charge in [-0.2, -0.15) is 0 Å². The predicted octanol–water partition coefficient (Wildman–Crippen LogP) is 3.00. The highest BCUT2D eigenvalue weighted by Gasteiger charge is 2.14. The topological polar surface area (TPSA) is 83.7 Å². The second kappa shape index (κ2) is 6.64. The van der Waals surface area contributed by atoms with Crippen LogP contribution in [-0.2, 0) is 11.2 Å². The molecule has 3 aromatic rings. The molecule has 0 atom stereocenters. The van der Waals surface area contributed by atoms with Crippen LogP contribution in [0.2, 0.25) is 0 Å². The van der Waals surface area contributed by atoms with Crippen molar-refractivity contribution < 1.29 is 23.4 Å². The molecule has 7 heteroatoms. The monoisotopic (exact) mass is 338 g/mol. The van der Waals surface area contributed by atoms with Gasteiger partial charge < -0.3 is 18.6 Å². The molecule has 25 heavy (non-hydrogen) atoms. The van der Waals surface area contributed by atoms with Crippen molar-refractivity contribution in [1.29, 1.82) is 0 Å². The zero-order chi connectivity index (χ0) is 17.1.